The Morgan fingerprint density at radius 3 is 2.50 bits per heavy atom. The van der Waals surface area contributed by atoms with Crippen molar-refractivity contribution in [3.05, 3.63) is 53.0 Å². The largest absolute Gasteiger partial charge is 0.478 e. The highest BCUT2D eigenvalue weighted by Gasteiger charge is 2.15. The molecule has 2 aromatic rings. The van der Waals surface area contributed by atoms with Crippen molar-refractivity contribution in [1.29, 1.82) is 0 Å². The molecule has 0 bridgehead atoms. The summed E-state index contributed by atoms with van der Waals surface area (Å²) in [7, 11) is 0. The second kappa shape index (κ2) is 5.83. The average molecular weight is 292 g/mol. The van der Waals surface area contributed by atoms with E-state index in [-0.39, 0.29) is 11.3 Å². The fourth-order valence-electron chi connectivity index (χ4n) is 1.69. The number of benzene rings is 1. The summed E-state index contributed by atoms with van der Waals surface area (Å²) in [4.78, 5) is 22.5. The molecule has 0 atom stereocenters. The predicted octanol–water partition coefficient (Wildman–Crippen LogP) is 3.28. The topological polar surface area (TPSA) is 87.7 Å². The second-order valence-electron chi connectivity index (χ2n) is 4.09. The molecule has 104 valence electrons. The van der Waals surface area contributed by atoms with Gasteiger partial charge in [-0.2, -0.15) is 0 Å². The summed E-state index contributed by atoms with van der Waals surface area (Å²) in [6, 6.07) is 8.16. The van der Waals surface area contributed by atoms with Crippen molar-refractivity contribution in [2.24, 2.45) is 0 Å². The van der Waals surface area contributed by atoms with E-state index in [1.807, 2.05) is 0 Å². The molecule has 20 heavy (non-hydrogen) atoms. The Kier molecular flexibility index (Phi) is 4.14. The van der Waals surface area contributed by atoms with E-state index in [0.717, 1.165) is 5.56 Å². The molecule has 6 heteroatoms. The van der Waals surface area contributed by atoms with Gasteiger partial charge >= 0.3 is 11.9 Å². The number of carboxylic acid groups (broad SMARTS) is 2. The molecule has 2 N–H and O–H groups in total. The number of hydrogen-bond acceptors (Lipinski definition) is 4. The van der Waals surface area contributed by atoms with Gasteiger partial charge in [-0.1, -0.05) is 12.1 Å². The first-order chi connectivity index (χ1) is 9.49. The first-order valence-corrected chi connectivity index (χ1v) is 6.75. The lowest BCUT2D eigenvalue weighted by Crippen LogP contribution is -1.98. The third-order valence-corrected chi connectivity index (χ3v) is 3.85. The van der Waals surface area contributed by atoms with Crippen LogP contribution in [0.25, 0.3) is 0 Å². The molecule has 0 aliphatic carbocycles. The molecule has 5 nitrogen and oxygen atoms in total. The molecule has 1 aromatic carbocycles. The van der Waals surface area contributed by atoms with Crippen LogP contribution in [0.2, 0.25) is 0 Å². The fourth-order valence-corrected chi connectivity index (χ4v) is 2.78. The number of aryl methyl sites for hydroxylation is 1. The molecule has 1 heterocycles. The van der Waals surface area contributed by atoms with Gasteiger partial charge in [-0.05, 0) is 25.1 Å². The van der Waals surface area contributed by atoms with Crippen molar-refractivity contribution in [3.8, 4) is 0 Å². The Hall–Kier alpha value is -2.21. The number of aromatic carboxylic acids is 2. The van der Waals surface area contributed by atoms with Gasteiger partial charge in [0.1, 0.15) is 5.76 Å². The summed E-state index contributed by atoms with van der Waals surface area (Å²) in [5.74, 6) is -1.22. The van der Waals surface area contributed by atoms with Crippen molar-refractivity contribution < 1.29 is 24.2 Å². The van der Waals surface area contributed by atoms with Crippen molar-refractivity contribution >= 4 is 23.7 Å². The minimum Gasteiger partial charge on any atom is -0.478 e. The van der Waals surface area contributed by atoms with Gasteiger partial charge in [0.2, 0.25) is 5.76 Å². The third-order valence-electron chi connectivity index (χ3n) is 2.73. The summed E-state index contributed by atoms with van der Waals surface area (Å²) in [5, 5.41) is 17.9. The van der Waals surface area contributed by atoms with E-state index in [0.29, 0.717) is 16.4 Å². The predicted molar refractivity (Wildman–Crippen MR) is 73.4 cm³/mol. The van der Waals surface area contributed by atoms with E-state index in [2.05, 4.69) is 0 Å². The van der Waals surface area contributed by atoms with Gasteiger partial charge in [-0.15, -0.1) is 11.8 Å². The van der Waals surface area contributed by atoms with Gasteiger partial charge in [-0.3, -0.25) is 0 Å². The van der Waals surface area contributed by atoms with Crippen LogP contribution < -0.4 is 0 Å². The zero-order chi connectivity index (χ0) is 14.7. The molecular formula is C14H12O5S. The zero-order valence-electron chi connectivity index (χ0n) is 10.6. The molecular weight excluding hydrogens is 280 g/mol. The highest BCUT2D eigenvalue weighted by Crippen LogP contribution is 2.28. The zero-order valence-corrected chi connectivity index (χ0v) is 11.4. The van der Waals surface area contributed by atoms with Crippen LogP contribution in [0.3, 0.4) is 0 Å². The SMILES string of the molecule is Cc1oc(C(=O)O)cc1CSc1ccccc1C(=O)O. The van der Waals surface area contributed by atoms with Gasteiger partial charge in [0.25, 0.3) is 0 Å². The summed E-state index contributed by atoms with van der Waals surface area (Å²) in [6.45, 7) is 1.69. The number of carbonyl (C=O) groups is 2. The highest BCUT2D eigenvalue weighted by molar-refractivity contribution is 7.98. The van der Waals surface area contributed by atoms with Crippen LogP contribution >= 0.6 is 11.8 Å². The maximum Gasteiger partial charge on any atom is 0.371 e. The first-order valence-electron chi connectivity index (χ1n) is 5.76. The molecule has 0 radical (unpaired) electrons. The lowest BCUT2D eigenvalue weighted by molar-refractivity contribution is 0.0658. The lowest BCUT2D eigenvalue weighted by atomic mass is 10.2. The number of carboxylic acids is 2. The van der Waals surface area contributed by atoms with Crippen LogP contribution in [-0.2, 0) is 5.75 Å². The number of thioether (sulfide) groups is 1. The summed E-state index contributed by atoms with van der Waals surface area (Å²) in [6.07, 6.45) is 0. The molecule has 0 saturated carbocycles. The minimum absolute atomic E-state index is 0.107. The number of rotatable bonds is 5. The molecule has 0 aliphatic heterocycles. The summed E-state index contributed by atoms with van der Waals surface area (Å²) < 4.78 is 5.11. The van der Waals surface area contributed by atoms with Crippen molar-refractivity contribution in [3.63, 3.8) is 0 Å². The monoisotopic (exact) mass is 292 g/mol. The van der Waals surface area contributed by atoms with Gasteiger partial charge in [0.15, 0.2) is 0 Å². The van der Waals surface area contributed by atoms with Crippen molar-refractivity contribution in [1.82, 2.24) is 0 Å². The molecule has 0 unspecified atom stereocenters. The molecule has 1 aromatic heterocycles. The molecule has 0 fully saturated rings. The quantitative estimate of drug-likeness (QED) is 0.822. The second-order valence-corrected chi connectivity index (χ2v) is 5.10. The molecule has 0 saturated heterocycles. The van der Waals surface area contributed by atoms with Crippen LogP contribution in [-0.4, -0.2) is 22.2 Å². The van der Waals surface area contributed by atoms with Gasteiger partial charge in [-0.25, -0.2) is 9.59 Å². The lowest BCUT2D eigenvalue weighted by Gasteiger charge is -2.04. The van der Waals surface area contributed by atoms with Crippen LogP contribution in [0.1, 0.15) is 32.2 Å². The maximum atomic E-state index is 11.1. The summed E-state index contributed by atoms with van der Waals surface area (Å²) >= 11 is 1.33. The molecule has 0 spiro atoms. The Morgan fingerprint density at radius 1 is 1.20 bits per heavy atom. The highest BCUT2D eigenvalue weighted by atomic mass is 32.2. The van der Waals surface area contributed by atoms with Crippen LogP contribution in [0, 0.1) is 6.92 Å². The normalized spacial score (nSPS) is 10.4. The Labute approximate surface area is 119 Å². The summed E-state index contributed by atoms with van der Waals surface area (Å²) in [5.41, 5.74) is 0.977. The van der Waals surface area contributed by atoms with Crippen LogP contribution in [0.5, 0.6) is 0 Å². The van der Waals surface area contributed by atoms with Crippen LogP contribution in [0.15, 0.2) is 39.6 Å². The minimum atomic E-state index is -1.12. The Morgan fingerprint density at radius 2 is 1.90 bits per heavy atom. The van der Waals surface area contributed by atoms with E-state index in [1.54, 1.807) is 25.1 Å². The first kappa shape index (κ1) is 14.2. The molecule has 0 amide bonds. The fraction of sp³-hybridized carbons (Fsp3) is 0.143. The van der Waals surface area contributed by atoms with Crippen molar-refractivity contribution in [2.75, 3.05) is 0 Å². The van der Waals surface area contributed by atoms with Gasteiger partial charge in [0, 0.05) is 16.2 Å². The van der Waals surface area contributed by atoms with Gasteiger partial charge < -0.3 is 14.6 Å². The smallest absolute Gasteiger partial charge is 0.371 e. The average Bonchev–Trinajstić information content (AvgIpc) is 2.78. The molecule has 2 rings (SSSR count). The van der Waals surface area contributed by atoms with Crippen LogP contribution in [0.4, 0.5) is 0 Å². The van der Waals surface area contributed by atoms with E-state index in [1.165, 1.54) is 23.9 Å². The number of hydrogen-bond donors (Lipinski definition) is 2. The standard InChI is InChI=1S/C14H12O5S/c1-8-9(6-11(19-8)14(17)18)7-20-12-5-3-2-4-10(12)13(15)16/h2-6H,7H2,1H3,(H,15,16)(H,17,18). The molecule has 0 aliphatic rings. The van der Waals surface area contributed by atoms with Gasteiger partial charge in [0.05, 0.1) is 5.56 Å². The van der Waals surface area contributed by atoms with E-state index in [9.17, 15) is 9.59 Å². The van der Waals surface area contributed by atoms with E-state index >= 15 is 0 Å². The Bertz CT molecular complexity index is 659. The van der Waals surface area contributed by atoms with Crippen molar-refractivity contribution in [2.45, 2.75) is 17.6 Å². The van der Waals surface area contributed by atoms with E-state index in [4.69, 9.17) is 14.6 Å². The third kappa shape index (κ3) is 3.03. The maximum absolute atomic E-state index is 11.1. The number of furan rings is 1. The van der Waals surface area contributed by atoms with E-state index < -0.39 is 11.9 Å². The Balaban J connectivity index is 2.17.